The second-order valence-electron chi connectivity index (χ2n) is 6.27. The normalized spacial score (nSPS) is 14.7. The van der Waals surface area contributed by atoms with E-state index in [-0.39, 0.29) is 0 Å². The summed E-state index contributed by atoms with van der Waals surface area (Å²) < 4.78 is 1.33. The lowest BCUT2D eigenvalue weighted by molar-refractivity contribution is -0.910. The molecule has 0 aliphatic heterocycles. The Morgan fingerprint density at radius 1 is 0.500 bits per heavy atom. The van der Waals surface area contributed by atoms with Gasteiger partial charge in [0, 0.05) is 0 Å². The standard InChI is InChI=1S/C17H38N/c1-5-8-10-12-14-17-18(4,15-7-3)16-13-11-9-6-2/h5-17H2,1-4H3/q+1. The van der Waals surface area contributed by atoms with Crippen molar-refractivity contribution in [1.82, 2.24) is 0 Å². The highest BCUT2D eigenvalue weighted by atomic mass is 15.3. The SMILES string of the molecule is CCCCCCC[N+](C)(CCC)CCCCCC. The lowest BCUT2D eigenvalue weighted by atomic mass is 10.1. The molecular formula is C17H38N+. The number of quaternary nitrogens is 1. The summed E-state index contributed by atoms with van der Waals surface area (Å²) in [6, 6.07) is 0. The van der Waals surface area contributed by atoms with E-state index in [2.05, 4.69) is 27.8 Å². The van der Waals surface area contributed by atoms with E-state index < -0.39 is 0 Å². The van der Waals surface area contributed by atoms with Gasteiger partial charge in [0.1, 0.15) is 0 Å². The number of unbranched alkanes of at least 4 members (excludes halogenated alkanes) is 7. The Morgan fingerprint density at radius 2 is 0.944 bits per heavy atom. The van der Waals surface area contributed by atoms with Crippen LogP contribution in [-0.4, -0.2) is 31.2 Å². The fourth-order valence-corrected chi connectivity index (χ4v) is 2.89. The molecule has 1 unspecified atom stereocenters. The van der Waals surface area contributed by atoms with E-state index in [0.29, 0.717) is 0 Å². The largest absolute Gasteiger partial charge is 0.326 e. The molecule has 0 aliphatic carbocycles. The van der Waals surface area contributed by atoms with E-state index in [1.807, 2.05) is 0 Å². The van der Waals surface area contributed by atoms with Crippen LogP contribution in [0.25, 0.3) is 0 Å². The lowest BCUT2D eigenvalue weighted by Gasteiger charge is -2.34. The van der Waals surface area contributed by atoms with Gasteiger partial charge in [0.15, 0.2) is 0 Å². The van der Waals surface area contributed by atoms with Crippen molar-refractivity contribution >= 4 is 0 Å². The maximum Gasteiger partial charge on any atom is 0.0784 e. The van der Waals surface area contributed by atoms with Gasteiger partial charge < -0.3 is 4.48 Å². The van der Waals surface area contributed by atoms with Crippen LogP contribution in [0.2, 0.25) is 0 Å². The van der Waals surface area contributed by atoms with E-state index >= 15 is 0 Å². The summed E-state index contributed by atoms with van der Waals surface area (Å²) in [6.45, 7) is 11.1. The zero-order valence-electron chi connectivity index (χ0n) is 13.6. The van der Waals surface area contributed by atoms with Crippen molar-refractivity contribution in [3.63, 3.8) is 0 Å². The van der Waals surface area contributed by atoms with Gasteiger partial charge in [0.2, 0.25) is 0 Å². The number of hydrogen-bond donors (Lipinski definition) is 0. The molecule has 1 atom stereocenters. The Bertz CT molecular complexity index is 167. The summed E-state index contributed by atoms with van der Waals surface area (Å²) in [5.41, 5.74) is 0. The predicted octanol–water partition coefficient (Wildman–Crippen LogP) is 5.39. The maximum absolute atomic E-state index is 2.48. The molecule has 0 aromatic heterocycles. The Kier molecular flexibility index (Phi) is 12.0. The summed E-state index contributed by atoms with van der Waals surface area (Å²) in [5, 5.41) is 0. The van der Waals surface area contributed by atoms with Crippen LogP contribution < -0.4 is 0 Å². The minimum Gasteiger partial charge on any atom is -0.326 e. The van der Waals surface area contributed by atoms with Gasteiger partial charge in [-0.1, -0.05) is 52.9 Å². The average Bonchev–Trinajstić information content (AvgIpc) is 2.35. The molecule has 0 aliphatic rings. The Balaban J connectivity index is 3.78. The van der Waals surface area contributed by atoms with Crippen molar-refractivity contribution in [2.24, 2.45) is 0 Å². The van der Waals surface area contributed by atoms with Crippen LogP contribution in [0.5, 0.6) is 0 Å². The Hall–Kier alpha value is -0.0400. The number of nitrogens with zero attached hydrogens (tertiary/aromatic N) is 1. The molecule has 0 fully saturated rings. The topological polar surface area (TPSA) is 0 Å². The van der Waals surface area contributed by atoms with E-state index in [4.69, 9.17) is 0 Å². The molecule has 0 N–H and O–H groups in total. The summed E-state index contributed by atoms with van der Waals surface area (Å²) in [4.78, 5) is 0. The van der Waals surface area contributed by atoms with E-state index in [1.165, 1.54) is 88.3 Å². The first-order valence-electron chi connectivity index (χ1n) is 8.52. The number of rotatable bonds is 13. The Morgan fingerprint density at radius 3 is 1.39 bits per heavy atom. The zero-order chi connectivity index (χ0) is 13.7. The van der Waals surface area contributed by atoms with Crippen molar-refractivity contribution in [2.75, 3.05) is 26.7 Å². The first-order chi connectivity index (χ1) is 8.68. The predicted molar refractivity (Wildman–Crippen MR) is 84.0 cm³/mol. The third kappa shape index (κ3) is 9.94. The van der Waals surface area contributed by atoms with Gasteiger partial charge >= 0.3 is 0 Å². The molecule has 18 heavy (non-hydrogen) atoms. The van der Waals surface area contributed by atoms with Gasteiger partial charge in [-0.25, -0.2) is 0 Å². The van der Waals surface area contributed by atoms with Crippen molar-refractivity contribution in [2.45, 2.75) is 85.0 Å². The quantitative estimate of drug-likeness (QED) is 0.306. The first-order valence-corrected chi connectivity index (χ1v) is 8.52. The van der Waals surface area contributed by atoms with Crippen LogP contribution in [0.4, 0.5) is 0 Å². The van der Waals surface area contributed by atoms with Crippen LogP contribution in [-0.2, 0) is 0 Å². The molecule has 0 aromatic rings. The average molecular weight is 256 g/mol. The molecule has 0 heterocycles. The summed E-state index contributed by atoms with van der Waals surface area (Å²) in [6.07, 6.45) is 14.1. The zero-order valence-corrected chi connectivity index (χ0v) is 13.6. The number of hydrogen-bond acceptors (Lipinski definition) is 0. The monoisotopic (exact) mass is 256 g/mol. The molecule has 110 valence electrons. The Labute approximate surface area is 117 Å². The van der Waals surface area contributed by atoms with Gasteiger partial charge in [-0.2, -0.15) is 0 Å². The van der Waals surface area contributed by atoms with E-state index in [0.717, 1.165) is 0 Å². The van der Waals surface area contributed by atoms with Crippen molar-refractivity contribution in [3.05, 3.63) is 0 Å². The summed E-state index contributed by atoms with van der Waals surface area (Å²) in [7, 11) is 2.48. The third-order valence-corrected chi connectivity index (χ3v) is 4.12. The minimum absolute atomic E-state index is 1.33. The molecule has 1 heteroatoms. The van der Waals surface area contributed by atoms with Gasteiger partial charge in [0.05, 0.1) is 26.7 Å². The summed E-state index contributed by atoms with van der Waals surface area (Å²) >= 11 is 0. The molecule has 0 bridgehead atoms. The van der Waals surface area contributed by atoms with E-state index in [1.54, 1.807) is 0 Å². The second kappa shape index (κ2) is 12.0. The van der Waals surface area contributed by atoms with Gasteiger partial charge in [-0.3, -0.25) is 0 Å². The summed E-state index contributed by atoms with van der Waals surface area (Å²) in [5.74, 6) is 0. The van der Waals surface area contributed by atoms with Gasteiger partial charge in [-0.05, 0) is 32.1 Å². The molecule has 0 saturated heterocycles. The molecular weight excluding hydrogens is 218 g/mol. The molecule has 0 amide bonds. The second-order valence-corrected chi connectivity index (χ2v) is 6.27. The first kappa shape index (κ1) is 18.0. The van der Waals surface area contributed by atoms with Gasteiger partial charge in [0.25, 0.3) is 0 Å². The van der Waals surface area contributed by atoms with Crippen LogP contribution in [0, 0.1) is 0 Å². The van der Waals surface area contributed by atoms with Crippen LogP contribution >= 0.6 is 0 Å². The highest BCUT2D eigenvalue weighted by Crippen LogP contribution is 2.13. The van der Waals surface area contributed by atoms with Crippen molar-refractivity contribution < 1.29 is 4.48 Å². The molecule has 0 spiro atoms. The van der Waals surface area contributed by atoms with E-state index in [9.17, 15) is 0 Å². The maximum atomic E-state index is 2.48. The van der Waals surface area contributed by atoms with Gasteiger partial charge in [-0.15, -0.1) is 0 Å². The third-order valence-electron chi connectivity index (χ3n) is 4.12. The molecule has 0 radical (unpaired) electrons. The van der Waals surface area contributed by atoms with Crippen LogP contribution in [0.15, 0.2) is 0 Å². The highest BCUT2D eigenvalue weighted by molar-refractivity contribution is 4.47. The molecule has 1 nitrogen and oxygen atoms in total. The molecule has 0 aromatic carbocycles. The fourth-order valence-electron chi connectivity index (χ4n) is 2.89. The van der Waals surface area contributed by atoms with Crippen LogP contribution in [0.1, 0.15) is 85.0 Å². The van der Waals surface area contributed by atoms with Crippen molar-refractivity contribution in [1.29, 1.82) is 0 Å². The smallest absolute Gasteiger partial charge is 0.0784 e. The van der Waals surface area contributed by atoms with Crippen molar-refractivity contribution in [3.8, 4) is 0 Å². The minimum atomic E-state index is 1.33. The highest BCUT2D eigenvalue weighted by Gasteiger charge is 2.18. The molecule has 0 saturated carbocycles. The molecule has 0 rings (SSSR count). The fraction of sp³-hybridized carbons (Fsp3) is 1.00. The van der Waals surface area contributed by atoms with Crippen LogP contribution in [0.3, 0.4) is 0 Å². The lowest BCUT2D eigenvalue weighted by Crippen LogP contribution is -2.46.